The minimum atomic E-state index is -1.07. The highest BCUT2D eigenvalue weighted by atomic mass is 16.4. The van der Waals surface area contributed by atoms with Gasteiger partial charge in [0.25, 0.3) is 5.91 Å². The van der Waals surface area contributed by atoms with E-state index in [9.17, 15) is 14.4 Å². The Balaban J connectivity index is 2.16. The van der Waals surface area contributed by atoms with Crippen molar-refractivity contribution in [1.82, 2.24) is 15.2 Å². The van der Waals surface area contributed by atoms with Gasteiger partial charge in [0.15, 0.2) is 0 Å². The maximum Gasteiger partial charge on any atom is 0.337 e. The summed E-state index contributed by atoms with van der Waals surface area (Å²) < 4.78 is 0. The van der Waals surface area contributed by atoms with Crippen LogP contribution in [0.15, 0.2) is 18.3 Å². The van der Waals surface area contributed by atoms with Gasteiger partial charge in [-0.05, 0) is 25.5 Å². The van der Waals surface area contributed by atoms with Gasteiger partial charge in [-0.1, -0.05) is 6.92 Å². The number of hydrogen-bond acceptors (Lipinski definition) is 4. The number of imide groups is 1. The van der Waals surface area contributed by atoms with Crippen molar-refractivity contribution in [2.75, 3.05) is 0 Å². The molecule has 1 aliphatic rings. The summed E-state index contributed by atoms with van der Waals surface area (Å²) in [5.41, 5.74) is -0.360. The number of pyridine rings is 1. The van der Waals surface area contributed by atoms with Crippen LogP contribution in [0.25, 0.3) is 0 Å². The topological polar surface area (TPSA) is 99.6 Å². The van der Waals surface area contributed by atoms with Gasteiger partial charge in [-0.15, -0.1) is 0 Å². The molecule has 3 amide bonds. The van der Waals surface area contributed by atoms with Crippen molar-refractivity contribution in [1.29, 1.82) is 0 Å². The Morgan fingerprint density at radius 3 is 2.60 bits per heavy atom. The van der Waals surface area contributed by atoms with E-state index in [2.05, 4.69) is 10.3 Å². The fourth-order valence-corrected chi connectivity index (χ4v) is 1.94. The second-order valence-corrected chi connectivity index (χ2v) is 4.85. The fraction of sp³-hybridized carbons (Fsp3) is 0.385. The van der Waals surface area contributed by atoms with E-state index in [1.165, 1.54) is 18.3 Å². The van der Waals surface area contributed by atoms with E-state index in [1.807, 2.05) is 6.92 Å². The maximum atomic E-state index is 12.2. The Morgan fingerprint density at radius 1 is 1.45 bits per heavy atom. The molecule has 1 fully saturated rings. The zero-order chi connectivity index (χ0) is 14.9. The summed E-state index contributed by atoms with van der Waals surface area (Å²) >= 11 is 0. The smallest absolute Gasteiger partial charge is 0.337 e. The minimum Gasteiger partial charge on any atom is -0.478 e. The molecule has 0 bridgehead atoms. The van der Waals surface area contributed by atoms with E-state index in [-0.39, 0.29) is 18.0 Å². The third kappa shape index (κ3) is 2.34. The predicted octanol–water partition coefficient (Wildman–Crippen LogP) is 1.00. The van der Waals surface area contributed by atoms with E-state index in [0.29, 0.717) is 12.1 Å². The Kier molecular flexibility index (Phi) is 3.44. The van der Waals surface area contributed by atoms with Crippen molar-refractivity contribution in [2.24, 2.45) is 0 Å². The number of aromatic nitrogens is 1. The molecule has 1 aliphatic heterocycles. The van der Waals surface area contributed by atoms with Gasteiger partial charge in [-0.25, -0.2) is 9.59 Å². The third-order valence-corrected chi connectivity index (χ3v) is 3.44. The Labute approximate surface area is 115 Å². The number of rotatable bonds is 4. The van der Waals surface area contributed by atoms with Gasteiger partial charge < -0.3 is 10.4 Å². The Morgan fingerprint density at radius 2 is 2.15 bits per heavy atom. The summed E-state index contributed by atoms with van der Waals surface area (Å²) in [6, 6.07) is 2.43. The molecule has 2 rings (SSSR count). The van der Waals surface area contributed by atoms with Crippen LogP contribution in [0, 0.1) is 0 Å². The monoisotopic (exact) mass is 277 g/mol. The van der Waals surface area contributed by atoms with E-state index in [4.69, 9.17) is 5.11 Å². The van der Waals surface area contributed by atoms with Gasteiger partial charge in [-0.2, -0.15) is 0 Å². The average molecular weight is 277 g/mol. The molecule has 1 unspecified atom stereocenters. The van der Waals surface area contributed by atoms with Crippen LogP contribution in [0.3, 0.4) is 0 Å². The van der Waals surface area contributed by atoms with Crippen LogP contribution >= 0.6 is 0 Å². The first kappa shape index (κ1) is 14.0. The van der Waals surface area contributed by atoms with Crippen LogP contribution in [-0.2, 0) is 11.3 Å². The molecule has 20 heavy (non-hydrogen) atoms. The van der Waals surface area contributed by atoms with Crippen LogP contribution in [0.1, 0.15) is 36.3 Å². The first-order valence-electron chi connectivity index (χ1n) is 6.19. The fourth-order valence-electron chi connectivity index (χ4n) is 1.94. The number of carboxylic acids is 1. The average Bonchev–Trinajstić information content (AvgIpc) is 2.64. The molecule has 1 aromatic heterocycles. The second kappa shape index (κ2) is 4.92. The molecule has 0 aliphatic carbocycles. The number of nitrogens with zero attached hydrogens (tertiary/aromatic N) is 2. The number of hydrogen-bond donors (Lipinski definition) is 2. The molecule has 2 N–H and O–H groups in total. The summed E-state index contributed by atoms with van der Waals surface area (Å²) in [6.45, 7) is 3.52. The van der Waals surface area contributed by atoms with Crippen LogP contribution in [0.2, 0.25) is 0 Å². The molecule has 106 valence electrons. The summed E-state index contributed by atoms with van der Waals surface area (Å²) in [6.07, 6.45) is 1.70. The molecule has 1 atom stereocenters. The van der Waals surface area contributed by atoms with Crippen molar-refractivity contribution in [3.05, 3.63) is 29.6 Å². The van der Waals surface area contributed by atoms with Crippen LogP contribution in [0.4, 0.5) is 4.79 Å². The van der Waals surface area contributed by atoms with Crippen molar-refractivity contribution in [2.45, 2.75) is 32.4 Å². The predicted molar refractivity (Wildman–Crippen MR) is 69.0 cm³/mol. The van der Waals surface area contributed by atoms with Crippen LogP contribution in [0.5, 0.6) is 0 Å². The van der Waals surface area contributed by atoms with Crippen LogP contribution in [-0.4, -0.2) is 38.4 Å². The molecule has 1 saturated heterocycles. The van der Waals surface area contributed by atoms with Crippen molar-refractivity contribution in [3.8, 4) is 0 Å². The van der Waals surface area contributed by atoms with E-state index >= 15 is 0 Å². The second-order valence-electron chi connectivity index (χ2n) is 4.85. The minimum absolute atomic E-state index is 0.0279. The van der Waals surface area contributed by atoms with Crippen molar-refractivity contribution in [3.63, 3.8) is 0 Å². The zero-order valence-corrected chi connectivity index (χ0v) is 11.2. The SMILES string of the molecule is CCC1(C)NC(=O)N(Cc2ccc(C(=O)O)cn2)C1=O. The summed E-state index contributed by atoms with van der Waals surface area (Å²) in [7, 11) is 0. The zero-order valence-electron chi connectivity index (χ0n) is 11.2. The van der Waals surface area contributed by atoms with Gasteiger partial charge in [0.05, 0.1) is 17.8 Å². The highest BCUT2D eigenvalue weighted by molar-refractivity contribution is 6.06. The number of nitrogens with one attached hydrogen (secondary N) is 1. The number of carbonyl (C=O) groups is 3. The highest BCUT2D eigenvalue weighted by Crippen LogP contribution is 2.22. The van der Waals surface area contributed by atoms with Crippen LogP contribution < -0.4 is 5.32 Å². The number of amides is 3. The van der Waals surface area contributed by atoms with E-state index in [0.717, 1.165) is 4.90 Å². The Bertz CT molecular complexity index is 569. The lowest BCUT2D eigenvalue weighted by molar-refractivity contribution is -0.131. The van der Waals surface area contributed by atoms with E-state index < -0.39 is 17.5 Å². The lowest BCUT2D eigenvalue weighted by Crippen LogP contribution is -2.43. The van der Waals surface area contributed by atoms with Gasteiger partial charge in [-0.3, -0.25) is 14.7 Å². The van der Waals surface area contributed by atoms with Gasteiger partial charge >= 0.3 is 12.0 Å². The summed E-state index contributed by atoms with van der Waals surface area (Å²) in [5.74, 6) is -1.37. The molecular weight excluding hydrogens is 262 g/mol. The molecule has 0 aromatic carbocycles. The quantitative estimate of drug-likeness (QED) is 0.800. The molecular formula is C13H15N3O4. The molecule has 0 radical (unpaired) electrons. The van der Waals surface area contributed by atoms with Gasteiger partial charge in [0.1, 0.15) is 5.54 Å². The first-order valence-corrected chi connectivity index (χ1v) is 6.19. The normalized spacial score (nSPS) is 22.0. The van der Waals surface area contributed by atoms with Crippen molar-refractivity contribution < 1.29 is 19.5 Å². The summed E-state index contributed by atoms with van der Waals surface area (Å²) in [5, 5.41) is 11.4. The lowest BCUT2D eigenvalue weighted by atomic mass is 9.99. The number of carbonyl (C=O) groups excluding carboxylic acids is 2. The molecule has 7 nitrogen and oxygen atoms in total. The van der Waals surface area contributed by atoms with Crippen molar-refractivity contribution >= 4 is 17.9 Å². The highest BCUT2D eigenvalue weighted by Gasteiger charge is 2.46. The van der Waals surface area contributed by atoms with E-state index in [1.54, 1.807) is 6.92 Å². The molecule has 7 heteroatoms. The molecule has 0 saturated carbocycles. The lowest BCUT2D eigenvalue weighted by Gasteiger charge is -2.19. The van der Waals surface area contributed by atoms with Gasteiger partial charge in [0, 0.05) is 6.20 Å². The molecule has 2 heterocycles. The molecule has 0 spiro atoms. The number of carboxylic acid groups (broad SMARTS) is 1. The molecule has 1 aromatic rings. The van der Waals surface area contributed by atoms with Gasteiger partial charge in [0.2, 0.25) is 0 Å². The largest absolute Gasteiger partial charge is 0.478 e. The summed E-state index contributed by atoms with van der Waals surface area (Å²) in [4.78, 5) is 39.7. The Hall–Kier alpha value is -2.44. The number of urea groups is 1. The standard InChI is InChI=1S/C13H15N3O4/c1-3-13(2)11(19)16(12(20)15-13)7-9-5-4-8(6-14-9)10(17)18/h4-6H,3,7H2,1-2H3,(H,15,20)(H,17,18). The third-order valence-electron chi connectivity index (χ3n) is 3.44. The number of aromatic carboxylic acids is 1. The first-order chi connectivity index (χ1) is 9.37. The maximum absolute atomic E-state index is 12.2.